The van der Waals surface area contributed by atoms with E-state index in [1.54, 1.807) is 7.11 Å². The second-order valence-electron chi connectivity index (χ2n) is 3.42. The first-order valence-electron chi connectivity index (χ1n) is 5.10. The summed E-state index contributed by atoms with van der Waals surface area (Å²) in [5, 5.41) is 0. The van der Waals surface area contributed by atoms with Gasteiger partial charge in [-0.05, 0) is 33.3 Å². The molecular formula is C11H25NO2. The van der Waals surface area contributed by atoms with E-state index in [0.717, 1.165) is 19.4 Å². The minimum atomic E-state index is -0.232. The number of rotatable bonds is 6. The van der Waals surface area contributed by atoms with E-state index in [0.29, 0.717) is 0 Å². The summed E-state index contributed by atoms with van der Waals surface area (Å²) < 4.78 is 10.2. The van der Waals surface area contributed by atoms with Crippen molar-refractivity contribution in [1.82, 2.24) is 0 Å². The smallest absolute Gasteiger partial charge is 0.177 e. The summed E-state index contributed by atoms with van der Waals surface area (Å²) in [7, 11) is 1.69. The maximum Gasteiger partial charge on any atom is 0.177 e. The quantitative estimate of drug-likeness (QED) is 0.533. The fourth-order valence-corrected chi connectivity index (χ4v) is 1.05. The predicted molar refractivity (Wildman–Crippen MR) is 60.9 cm³/mol. The summed E-state index contributed by atoms with van der Waals surface area (Å²) in [6, 6.07) is 0. The third-order valence-electron chi connectivity index (χ3n) is 1.53. The molecule has 0 aromatic rings. The lowest BCUT2D eigenvalue weighted by atomic mass is 10.0. The van der Waals surface area contributed by atoms with E-state index in [2.05, 4.69) is 6.58 Å². The number of methoxy groups -OCH3 is 1. The molecule has 0 radical (unpaired) electrons. The maximum atomic E-state index is 5.33. The summed E-state index contributed by atoms with van der Waals surface area (Å²) in [4.78, 5) is 0. The number of hydrogen-bond acceptors (Lipinski definition) is 3. The zero-order valence-electron chi connectivity index (χ0n) is 10.2. The van der Waals surface area contributed by atoms with Gasteiger partial charge in [0.15, 0.2) is 5.88 Å². The summed E-state index contributed by atoms with van der Waals surface area (Å²) >= 11 is 0. The minimum absolute atomic E-state index is 0.232. The summed E-state index contributed by atoms with van der Waals surface area (Å²) in [5.74, 6) is 0.275. The molecule has 0 bridgehead atoms. The molecule has 0 aliphatic carbocycles. The van der Waals surface area contributed by atoms with Crippen LogP contribution in [-0.2, 0) is 9.47 Å². The fraction of sp³-hybridized carbons (Fsp3) is 0.818. The zero-order chi connectivity index (χ0) is 11.6. The highest BCUT2D eigenvalue weighted by Crippen LogP contribution is 2.17. The van der Waals surface area contributed by atoms with E-state index in [1.165, 1.54) is 0 Å². The lowest BCUT2D eigenvalue weighted by molar-refractivity contribution is 0.0192. The average molecular weight is 203 g/mol. The lowest BCUT2D eigenvalue weighted by Crippen LogP contribution is -2.26. The van der Waals surface area contributed by atoms with Gasteiger partial charge in [0.05, 0.1) is 0 Å². The Kier molecular flexibility index (Phi) is 9.99. The molecule has 2 N–H and O–H groups in total. The molecule has 86 valence electrons. The van der Waals surface area contributed by atoms with Gasteiger partial charge in [0, 0.05) is 13.7 Å². The molecule has 0 saturated heterocycles. The standard InChI is InChI=1S/C9H19NO2.C2H6/c1-8(10)12-9(2,3)6-5-7-11-4;1-2/h1,5-7,10H2,2-4H3;1-2H3. The van der Waals surface area contributed by atoms with Crippen LogP contribution in [0.5, 0.6) is 0 Å². The van der Waals surface area contributed by atoms with Crippen LogP contribution in [0.1, 0.15) is 40.5 Å². The Bertz CT molecular complexity index is 144. The molecule has 0 aromatic heterocycles. The molecule has 0 fully saturated rings. The SMILES string of the molecule is C=C(N)OC(C)(C)CCCOC.CC. The average Bonchev–Trinajstić information content (AvgIpc) is 2.05. The van der Waals surface area contributed by atoms with Crippen LogP contribution in [0.3, 0.4) is 0 Å². The van der Waals surface area contributed by atoms with Crippen molar-refractivity contribution in [2.75, 3.05) is 13.7 Å². The molecule has 0 aromatic carbocycles. The van der Waals surface area contributed by atoms with Crippen molar-refractivity contribution in [2.24, 2.45) is 5.73 Å². The Morgan fingerprint density at radius 2 is 1.86 bits per heavy atom. The Hall–Kier alpha value is -0.700. The van der Waals surface area contributed by atoms with Crippen LogP contribution in [0.2, 0.25) is 0 Å². The van der Waals surface area contributed by atoms with E-state index in [9.17, 15) is 0 Å². The molecule has 0 amide bonds. The normalized spacial score (nSPS) is 10.1. The summed E-state index contributed by atoms with van der Waals surface area (Å²) in [6.07, 6.45) is 1.88. The largest absolute Gasteiger partial charge is 0.474 e. The van der Waals surface area contributed by atoms with Gasteiger partial charge in [-0.1, -0.05) is 13.8 Å². The van der Waals surface area contributed by atoms with Crippen molar-refractivity contribution >= 4 is 0 Å². The monoisotopic (exact) mass is 203 g/mol. The minimum Gasteiger partial charge on any atom is -0.474 e. The molecule has 3 heteroatoms. The number of nitrogens with two attached hydrogens (primary N) is 1. The Labute approximate surface area is 88.3 Å². The Balaban J connectivity index is 0. The summed E-state index contributed by atoms with van der Waals surface area (Å²) in [5.41, 5.74) is 5.10. The third-order valence-corrected chi connectivity index (χ3v) is 1.53. The van der Waals surface area contributed by atoms with Crippen LogP contribution in [0, 0.1) is 0 Å². The highest BCUT2D eigenvalue weighted by molar-refractivity contribution is 4.80. The van der Waals surface area contributed by atoms with Crippen LogP contribution < -0.4 is 5.73 Å². The third kappa shape index (κ3) is 11.3. The van der Waals surface area contributed by atoms with Crippen LogP contribution in [0.4, 0.5) is 0 Å². The Morgan fingerprint density at radius 3 is 2.21 bits per heavy atom. The van der Waals surface area contributed by atoms with Crippen molar-refractivity contribution in [3.63, 3.8) is 0 Å². The molecule has 0 spiro atoms. The second-order valence-corrected chi connectivity index (χ2v) is 3.42. The van der Waals surface area contributed by atoms with Crippen LogP contribution >= 0.6 is 0 Å². The van der Waals surface area contributed by atoms with E-state index in [-0.39, 0.29) is 11.5 Å². The van der Waals surface area contributed by atoms with Crippen LogP contribution in [0.15, 0.2) is 12.5 Å². The first-order chi connectivity index (χ1) is 6.48. The molecule has 0 rings (SSSR count). The molecule has 0 aliphatic heterocycles. The fourth-order valence-electron chi connectivity index (χ4n) is 1.05. The molecule has 0 heterocycles. The summed E-state index contributed by atoms with van der Waals surface area (Å²) in [6.45, 7) is 12.2. The van der Waals surface area contributed by atoms with E-state index in [1.807, 2.05) is 27.7 Å². The first-order valence-corrected chi connectivity index (χ1v) is 5.10. The van der Waals surface area contributed by atoms with E-state index >= 15 is 0 Å². The highest BCUT2D eigenvalue weighted by Gasteiger charge is 2.18. The van der Waals surface area contributed by atoms with Crippen molar-refractivity contribution < 1.29 is 9.47 Å². The topological polar surface area (TPSA) is 44.5 Å². The van der Waals surface area contributed by atoms with Crippen molar-refractivity contribution in [3.8, 4) is 0 Å². The number of ether oxygens (including phenoxy) is 2. The molecule has 3 nitrogen and oxygen atoms in total. The van der Waals surface area contributed by atoms with Gasteiger partial charge in [-0.25, -0.2) is 0 Å². The van der Waals surface area contributed by atoms with Gasteiger partial charge in [0.2, 0.25) is 0 Å². The van der Waals surface area contributed by atoms with Crippen molar-refractivity contribution in [1.29, 1.82) is 0 Å². The predicted octanol–water partition coefficient (Wildman–Crippen LogP) is 2.66. The molecule has 0 aliphatic rings. The molecule has 14 heavy (non-hydrogen) atoms. The van der Waals surface area contributed by atoms with Crippen LogP contribution in [0.25, 0.3) is 0 Å². The molecular weight excluding hydrogens is 178 g/mol. The zero-order valence-corrected chi connectivity index (χ0v) is 10.2. The van der Waals surface area contributed by atoms with Gasteiger partial charge in [0.25, 0.3) is 0 Å². The maximum absolute atomic E-state index is 5.33. The van der Waals surface area contributed by atoms with Gasteiger partial charge in [-0.2, -0.15) is 0 Å². The van der Waals surface area contributed by atoms with Gasteiger partial charge >= 0.3 is 0 Å². The second kappa shape index (κ2) is 8.88. The van der Waals surface area contributed by atoms with Crippen molar-refractivity contribution in [3.05, 3.63) is 12.5 Å². The van der Waals surface area contributed by atoms with Crippen LogP contribution in [-0.4, -0.2) is 19.3 Å². The lowest BCUT2D eigenvalue weighted by Gasteiger charge is -2.25. The first kappa shape index (κ1) is 15.8. The van der Waals surface area contributed by atoms with Gasteiger partial charge < -0.3 is 15.2 Å². The van der Waals surface area contributed by atoms with Gasteiger partial charge in [-0.15, -0.1) is 0 Å². The van der Waals surface area contributed by atoms with Crippen molar-refractivity contribution in [2.45, 2.75) is 46.1 Å². The van der Waals surface area contributed by atoms with E-state index < -0.39 is 0 Å². The molecule has 0 atom stereocenters. The Morgan fingerprint density at radius 1 is 1.36 bits per heavy atom. The molecule has 0 unspecified atom stereocenters. The highest BCUT2D eigenvalue weighted by atomic mass is 16.5. The van der Waals surface area contributed by atoms with E-state index in [4.69, 9.17) is 15.2 Å². The van der Waals surface area contributed by atoms with Gasteiger partial charge in [0.1, 0.15) is 5.60 Å². The van der Waals surface area contributed by atoms with Gasteiger partial charge in [-0.3, -0.25) is 0 Å². The number of hydrogen-bond donors (Lipinski definition) is 1. The molecule has 0 saturated carbocycles.